The van der Waals surface area contributed by atoms with E-state index in [1.165, 1.54) is 40.3 Å². The molecule has 2 aromatic heterocycles. The van der Waals surface area contributed by atoms with Gasteiger partial charge >= 0.3 is 0 Å². The Bertz CT molecular complexity index is 2500. The van der Waals surface area contributed by atoms with Crippen LogP contribution < -0.4 is 9.80 Å². The van der Waals surface area contributed by atoms with Crippen LogP contribution in [0.25, 0.3) is 40.3 Å². The standard InChI is InChI=1S/C42H27ClN2S2/c43-28-25-36(41-33-19-10-11-21-37(33)47-40(41)26-28)45(31-17-8-3-9-18-31)35-20-12-22-39-42(35)34-27-32(23-24-38(34)46-39)44(29-13-4-1-5-14-29)30-15-6-2-7-16-30/h1-27H. The largest absolute Gasteiger partial charge is 0.310 e. The van der Waals surface area contributed by atoms with E-state index >= 15 is 0 Å². The third kappa shape index (κ3) is 4.85. The van der Waals surface area contributed by atoms with Gasteiger partial charge in [0.05, 0.1) is 11.4 Å². The molecule has 0 unspecified atom stereocenters. The number of fused-ring (bicyclic) bond motifs is 6. The second-order valence-corrected chi connectivity index (χ2v) is 14.1. The van der Waals surface area contributed by atoms with Gasteiger partial charge in [-0.3, -0.25) is 0 Å². The molecule has 7 aromatic carbocycles. The maximum Gasteiger partial charge on any atom is 0.0569 e. The number of thiophene rings is 2. The molecule has 47 heavy (non-hydrogen) atoms. The Kier molecular flexibility index (Phi) is 6.93. The SMILES string of the molecule is Clc1cc(N(c2ccccc2)c2cccc3sc4ccc(N(c5ccccc5)c5ccccc5)cc4c23)c2c(c1)sc1ccccc12. The Labute approximate surface area is 285 Å². The minimum absolute atomic E-state index is 0.728. The van der Waals surface area contributed by atoms with Gasteiger partial charge < -0.3 is 9.80 Å². The summed E-state index contributed by atoms with van der Waals surface area (Å²) in [5, 5.41) is 5.64. The molecule has 0 fully saturated rings. The van der Waals surface area contributed by atoms with Crippen molar-refractivity contribution in [3.05, 3.63) is 169 Å². The normalized spacial score (nSPS) is 11.5. The van der Waals surface area contributed by atoms with Gasteiger partial charge in [-0.15, -0.1) is 22.7 Å². The van der Waals surface area contributed by atoms with Gasteiger partial charge in [-0.25, -0.2) is 0 Å². The molecule has 2 nitrogen and oxygen atoms in total. The molecule has 9 rings (SSSR count). The maximum absolute atomic E-state index is 6.91. The zero-order chi connectivity index (χ0) is 31.3. The fraction of sp³-hybridized carbons (Fsp3) is 0. The van der Waals surface area contributed by atoms with E-state index < -0.39 is 0 Å². The first-order chi connectivity index (χ1) is 23.2. The predicted molar refractivity (Wildman–Crippen MR) is 207 cm³/mol. The Morgan fingerprint density at radius 2 is 0.915 bits per heavy atom. The number of benzene rings is 7. The predicted octanol–water partition coefficient (Wildman–Crippen LogP) is 14.0. The molecule has 224 valence electrons. The molecule has 0 N–H and O–H groups in total. The Balaban J connectivity index is 1.33. The molecule has 9 aromatic rings. The second-order valence-electron chi connectivity index (χ2n) is 11.5. The molecule has 0 aliphatic rings. The molecule has 0 aliphatic heterocycles. The van der Waals surface area contributed by atoms with Gasteiger partial charge in [-0.05, 0) is 84.9 Å². The van der Waals surface area contributed by atoms with Gasteiger partial charge in [0.2, 0.25) is 0 Å². The van der Waals surface area contributed by atoms with Gasteiger partial charge in [0.1, 0.15) is 0 Å². The zero-order valence-corrected chi connectivity index (χ0v) is 27.6. The van der Waals surface area contributed by atoms with Crippen LogP contribution in [0.2, 0.25) is 5.02 Å². The van der Waals surface area contributed by atoms with Crippen molar-refractivity contribution in [3.63, 3.8) is 0 Å². The number of halogens is 1. The lowest BCUT2D eigenvalue weighted by Crippen LogP contribution is -2.11. The summed E-state index contributed by atoms with van der Waals surface area (Å²) < 4.78 is 4.93. The first kappa shape index (κ1) is 28.1. The summed E-state index contributed by atoms with van der Waals surface area (Å²) >= 11 is 10.5. The molecular formula is C42H27ClN2S2. The number of para-hydroxylation sites is 3. The number of rotatable bonds is 6. The van der Waals surface area contributed by atoms with Crippen LogP contribution in [0.3, 0.4) is 0 Å². The summed E-state index contributed by atoms with van der Waals surface area (Å²) in [6.45, 7) is 0. The van der Waals surface area contributed by atoms with Gasteiger partial charge in [-0.2, -0.15) is 0 Å². The van der Waals surface area contributed by atoms with Crippen LogP contribution in [0.5, 0.6) is 0 Å². The summed E-state index contributed by atoms with van der Waals surface area (Å²) in [6, 6.07) is 58.3. The second kappa shape index (κ2) is 11.6. The quantitative estimate of drug-likeness (QED) is 0.175. The fourth-order valence-electron chi connectivity index (χ4n) is 6.68. The van der Waals surface area contributed by atoms with E-state index in [1.807, 2.05) is 11.3 Å². The summed E-state index contributed by atoms with van der Waals surface area (Å²) in [5.41, 5.74) is 6.65. The van der Waals surface area contributed by atoms with E-state index in [4.69, 9.17) is 11.6 Å². The van der Waals surface area contributed by atoms with Crippen LogP contribution in [0.4, 0.5) is 34.1 Å². The monoisotopic (exact) mass is 658 g/mol. The minimum atomic E-state index is 0.728. The molecule has 0 amide bonds. The lowest BCUT2D eigenvalue weighted by molar-refractivity contribution is 1.29. The van der Waals surface area contributed by atoms with Crippen LogP contribution in [-0.2, 0) is 0 Å². The molecule has 0 radical (unpaired) electrons. The first-order valence-corrected chi connectivity index (χ1v) is 17.6. The highest BCUT2D eigenvalue weighted by Crippen LogP contribution is 2.50. The number of hydrogen-bond donors (Lipinski definition) is 0. The van der Waals surface area contributed by atoms with E-state index in [1.54, 1.807) is 11.3 Å². The van der Waals surface area contributed by atoms with Gasteiger partial charge in [0, 0.05) is 68.1 Å². The topological polar surface area (TPSA) is 6.48 Å². The Morgan fingerprint density at radius 3 is 1.62 bits per heavy atom. The van der Waals surface area contributed by atoms with E-state index in [9.17, 15) is 0 Å². The smallest absolute Gasteiger partial charge is 0.0569 e. The van der Waals surface area contributed by atoms with Crippen LogP contribution >= 0.6 is 34.3 Å². The van der Waals surface area contributed by atoms with E-state index in [2.05, 4.69) is 174 Å². The molecule has 0 saturated carbocycles. The van der Waals surface area contributed by atoms with Crippen LogP contribution in [0, 0.1) is 0 Å². The lowest BCUT2D eigenvalue weighted by atomic mass is 10.0. The average molecular weight is 659 g/mol. The van der Waals surface area contributed by atoms with Crippen LogP contribution in [-0.4, -0.2) is 0 Å². The van der Waals surface area contributed by atoms with E-state index in [0.717, 1.165) is 39.1 Å². The summed E-state index contributed by atoms with van der Waals surface area (Å²) in [6.07, 6.45) is 0. The third-order valence-electron chi connectivity index (χ3n) is 8.66. The highest BCUT2D eigenvalue weighted by molar-refractivity contribution is 7.26. The van der Waals surface area contributed by atoms with E-state index in [0.29, 0.717) is 0 Å². The molecule has 2 heterocycles. The summed E-state index contributed by atoms with van der Waals surface area (Å²) in [5.74, 6) is 0. The Hall–Kier alpha value is -5.13. The van der Waals surface area contributed by atoms with Crippen molar-refractivity contribution in [2.24, 2.45) is 0 Å². The van der Waals surface area contributed by atoms with Crippen LogP contribution in [0.1, 0.15) is 0 Å². The molecular weight excluding hydrogens is 632 g/mol. The van der Waals surface area contributed by atoms with Crippen LogP contribution in [0.15, 0.2) is 164 Å². The number of nitrogens with zero attached hydrogens (tertiary/aromatic N) is 2. The molecule has 0 aliphatic carbocycles. The average Bonchev–Trinajstić information content (AvgIpc) is 3.68. The number of hydrogen-bond acceptors (Lipinski definition) is 4. The maximum atomic E-state index is 6.91. The molecule has 0 atom stereocenters. The van der Waals surface area contributed by atoms with Gasteiger partial charge in [-0.1, -0.05) is 90.5 Å². The van der Waals surface area contributed by atoms with Crippen molar-refractivity contribution in [1.29, 1.82) is 0 Å². The summed E-state index contributed by atoms with van der Waals surface area (Å²) in [7, 11) is 0. The number of anilines is 6. The molecule has 0 spiro atoms. The Morgan fingerprint density at radius 1 is 0.362 bits per heavy atom. The fourth-order valence-corrected chi connectivity index (χ4v) is 9.23. The van der Waals surface area contributed by atoms with Crippen molar-refractivity contribution >= 4 is 109 Å². The molecule has 0 bridgehead atoms. The van der Waals surface area contributed by atoms with Crippen molar-refractivity contribution in [1.82, 2.24) is 0 Å². The van der Waals surface area contributed by atoms with Gasteiger partial charge in [0.15, 0.2) is 0 Å². The third-order valence-corrected chi connectivity index (χ3v) is 11.1. The first-order valence-electron chi connectivity index (χ1n) is 15.5. The summed E-state index contributed by atoms with van der Waals surface area (Å²) in [4.78, 5) is 4.74. The zero-order valence-electron chi connectivity index (χ0n) is 25.2. The van der Waals surface area contributed by atoms with E-state index in [-0.39, 0.29) is 0 Å². The molecule has 5 heteroatoms. The highest BCUT2D eigenvalue weighted by Gasteiger charge is 2.23. The highest BCUT2D eigenvalue weighted by atomic mass is 35.5. The van der Waals surface area contributed by atoms with Crippen molar-refractivity contribution in [3.8, 4) is 0 Å². The van der Waals surface area contributed by atoms with Crippen molar-refractivity contribution in [2.75, 3.05) is 9.80 Å². The molecule has 0 saturated heterocycles. The minimum Gasteiger partial charge on any atom is -0.310 e. The van der Waals surface area contributed by atoms with Crippen molar-refractivity contribution in [2.45, 2.75) is 0 Å². The van der Waals surface area contributed by atoms with Gasteiger partial charge in [0.25, 0.3) is 0 Å². The lowest BCUT2D eigenvalue weighted by Gasteiger charge is -2.28. The van der Waals surface area contributed by atoms with Crippen molar-refractivity contribution < 1.29 is 0 Å².